The first-order valence-corrected chi connectivity index (χ1v) is 10.3. The Morgan fingerprint density at radius 3 is 1.92 bits per heavy atom. The van der Waals surface area contributed by atoms with E-state index in [2.05, 4.69) is 4.90 Å². The third kappa shape index (κ3) is 8.48. The number of aliphatic hydroxyl groups excluding tert-OH is 1. The van der Waals surface area contributed by atoms with Gasteiger partial charge in [0.05, 0.1) is 12.6 Å². The van der Waals surface area contributed by atoms with Crippen molar-refractivity contribution in [1.82, 2.24) is 4.90 Å². The van der Waals surface area contributed by atoms with Gasteiger partial charge in [0, 0.05) is 6.54 Å². The minimum atomic E-state index is -0.876. The number of hydrogen-bond acceptors (Lipinski definition) is 3. The highest BCUT2D eigenvalue weighted by Gasteiger charge is 2.46. The third-order valence-electron chi connectivity index (χ3n) is 3.93. The summed E-state index contributed by atoms with van der Waals surface area (Å²) in [5.41, 5.74) is 1.09. The normalized spacial score (nSPS) is 21.5. The minimum absolute atomic E-state index is 0.0284. The highest BCUT2D eigenvalue weighted by molar-refractivity contribution is 5.31. The Balaban J connectivity index is -0.000000585. The second-order valence-electron chi connectivity index (χ2n) is 5.04. The topological polar surface area (TPSA) is 43.7 Å². The maximum atomic E-state index is 11.0. The van der Waals surface area contributed by atoms with Gasteiger partial charge in [-0.05, 0) is 31.5 Å². The van der Waals surface area contributed by atoms with Crippen LogP contribution in [0.5, 0.6) is 0 Å². The summed E-state index contributed by atoms with van der Waals surface area (Å²) in [6.45, 7) is 18.7. The van der Waals surface area contributed by atoms with Crippen molar-refractivity contribution >= 4 is 0 Å². The summed E-state index contributed by atoms with van der Waals surface area (Å²) < 4.78 is 0. The summed E-state index contributed by atoms with van der Waals surface area (Å²) in [5.74, 6) is 0. The predicted molar refractivity (Wildman–Crippen MR) is 118 cm³/mol. The summed E-state index contributed by atoms with van der Waals surface area (Å²) >= 11 is 0. The van der Waals surface area contributed by atoms with Crippen LogP contribution in [0.3, 0.4) is 0 Å². The molecular weight excluding hydrogens is 322 g/mol. The Bertz CT molecular complexity index is 431. The van der Waals surface area contributed by atoms with E-state index in [1.807, 2.05) is 99.7 Å². The Morgan fingerprint density at radius 2 is 1.50 bits per heavy atom. The minimum Gasteiger partial charge on any atom is -0.392 e. The molecule has 1 aliphatic rings. The molecule has 3 nitrogen and oxygen atoms in total. The van der Waals surface area contributed by atoms with Crippen LogP contribution in [0.4, 0.5) is 0 Å². The standard InChI is InChI=1S/C15H21NO2.4C2H6/c1-12(8-11-17)15(18)9-10-16(2)14(15)13-6-4-3-5-7-13;4*1-2/h3-8,14,17-18H,9-11H2,1-2H3;4*1-2H3/b12-8-;;;;/t14-,15+;;;;/m0..../s1. The molecule has 1 heterocycles. The van der Waals surface area contributed by atoms with Crippen molar-refractivity contribution in [2.24, 2.45) is 0 Å². The molecule has 0 unspecified atom stereocenters. The van der Waals surface area contributed by atoms with Gasteiger partial charge in [0.25, 0.3) is 0 Å². The lowest BCUT2D eigenvalue weighted by atomic mass is 9.83. The molecule has 0 amide bonds. The molecule has 2 N–H and O–H groups in total. The largest absolute Gasteiger partial charge is 0.392 e. The second kappa shape index (κ2) is 18.6. The molecule has 1 aromatic carbocycles. The van der Waals surface area contributed by atoms with Gasteiger partial charge < -0.3 is 10.2 Å². The lowest BCUT2D eigenvalue weighted by molar-refractivity contribution is 0.0410. The number of hydrogen-bond donors (Lipinski definition) is 2. The van der Waals surface area contributed by atoms with Crippen LogP contribution in [0, 0.1) is 0 Å². The molecular formula is C23H45NO2. The monoisotopic (exact) mass is 367 g/mol. The molecule has 1 aliphatic heterocycles. The van der Waals surface area contributed by atoms with Crippen molar-refractivity contribution in [1.29, 1.82) is 0 Å². The fourth-order valence-electron chi connectivity index (χ4n) is 2.87. The zero-order chi connectivity index (χ0) is 21.2. The van der Waals surface area contributed by atoms with E-state index in [-0.39, 0.29) is 12.6 Å². The lowest BCUT2D eigenvalue weighted by Gasteiger charge is -2.34. The predicted octanol–water partition coefficient (Wildman–Crippen LogP) is 5.84. The molecule has 1 aromatic rings. The second-order valence-corrected chi connectivity index (χ2v) is 5.04. The zero-order valence-corrected chi connectivity index (χ0v) is 19.0. The van der Waals surface area contributed by atoms with Crippen molar-refractivity contribution in [2.45, 2.75) is 80.4 Å². The van der Waals surface area contributed by atoms with Gasteiger partial charge in [-0.25, -0.2) is 0 Å². The fraction of sp³-hybridized carbons (Fsp3) is 0.652. The molecule has 2 atom stereocenters. The lowest BCUT2D eigenvalue weighted by Crippen LogP contribution is -2.37. The van der Waals surface area contributed by atoms with Crippen molar-refractivity contribution < 1.29 is 10.2 Å². The average molecular weight is 368 g/mol. The van der Waals surface area contributed by atoms with Crippen molar-refractivity contribution in [2.75, 3.05) is 20.2 Å². The number of nitrogens with zero attached hydrogens (tertiary/aromatic N) is 1. The third-order valence-corrected chi connectivity index (χ3v) is 3.93. The van der Waals surface area contributed by atoms with Crippen LogP contribution in [0.2, 0.25) is 0 Å². The summed E-state index contributed by atoms with van der Waals surface area (Å²) in [4.78, 5) is 2.17. The van der Waals surface area contributed by atoms with E-state index < -0.39 is 5.60 Å². The van der Waals surface area contributed by atoms with Gasteiger partial charge in [-0.15, -0.1) is 0 Å². The number of aliphatic hydroxyl groups is 2. The summed E-state index contributed by atoms with van der Waals surface area (Å²) in [7, 11) is 2.03. The number of likely N-dealkylation sites (tertiary alicyclic amines) is 1. The fourth-order valence-corrected chi connectivity index (χ4v) is 2.87. The maximum Gasteiger partial charge on any atom is 0.106 e. The summed E-state index contributed by atoms with van der Waals surface area (Å²) in [6.07, 6.45) is 2.40. The number of likely N-dealkylation sites (N-methyl/N-ethyl adjacent to an activating group) is 1. The highest BCUT2D eigenvalue weighted by atomic mass is 16.3. The Hall–Kier alpha value is -1.16. The van der Waals surface area contributed by atoms with Crippen LogP contribution < -0.4 is 0 Å². The van der Waals surface area contributed by atoms with Crippen LogP contribution in [0.25, 0.3) is 0 Å². The van der Waals surface area contributed by atoms with Crippen LogP contribution in [0.1, 0.15) is 80.3 Å². The Morgan fingerprint density at radius 1 is 1.04 bits per heavy atom. The number of benzene rings is 1. The van der Waals surface area contributed by atoms with Crippen LogP contribution >= 0.6 is 0 Å². The smallest absolute Gasteiger partial charge is 0.106 e. The zero-order valence-electron chi connectivity index (χ0n) is 19.0. The van der Waals surface area contributed by atoms with E-state index in [4.69, 9.17) is 5.11 Å². The van der Waals surface area contributed by atoms with Crippen molar-refractivity contribution in [3.63, 3.8) is 0 Å². The first-order chi connectivity index (χ1) is 12.6. The molecule has 2 rings (SSSR count). The summed E-state index contributed by atoms with van der Waals surface area (Å²) in [6, 6.07) is 10.0. The average Bonchev–Trinajstić information content (AvgIpc) is 3.04. The van der Waals surface area contributed by atoms with E-state index in [0.717, 1.165) is 17.7 Å². The molecule has 154 valence electrons. The SMILES string of the molecule is C/C(=C/CO)[C@]1(O)CCN(C)[C@H]1c1ccccc1.CC.CC.CC.CC. The molecule has 0 spiro atoms. The molecule has 1 saturated heterocycles. The Kier molecular flexibility index (Phi) is 21.2. The first-order valence-electron chi connectivity index (χ1n) is 10.3. The molecule has 26 heavy (non-hydrogen) atoms. The summed E-state index contributed by atoms with van der Waals surface area (Å²) in [5, 5.41) is 20.0. The van der Waals surface area contributed by atoms with Gasteiger partial charge in [0.2, 0.25) is 0 Å². The highest BCUT2D eigenvalue weighted by Crippen LogP contribution is 2.43. The quantitative estimate of drug-likeness (QED) is 0.660. The number of rotatable bonds is 3. The van der Waals surface area contributed by atoms with Gasteiger partial charge in [0.1, 0.15) is 5.60 Å². The van der Waals surface area contributed by atoms with Gasteiger partial charge in [-0.3, -0.25) is 4.90 Å². The van der Waals surface area contributed by atoms with E-state index >= 15 is 0 Å². The van der Waals surface area contributed by atoms with E-state index in [0.29, 0.717) is 6.42 Å². The van der Waals surface area contributed by atoms with E-state index in [1.165, 1.54) is 0 Å². The van der Waals surface area contributed by atoms with Gasteiger partial charge in [-0.1, -0.05) is 91.8 Å². The van der Waals surface area contributed by atoms with E-state index in [1.54, 1.807) is 6.08 Å². The molecule has 0 bridgehead atoms. The molecule has 0 aromatic heterocycles. The van der Waals surface area contributed by atoms with Crippen molar-refractivity contribution in [3.05, 3.63) is 47.5 Å². The van der Waals surface area contributed by atoms with Crippen LogP contribution in [-0.4, -0.2) is 40.9 Å². The molecule has 0 aliphatic carbocycles. The maximum absolute atomic E-state index is 11.0. The Labute approximate surface area is 163 Å². The van der Waals surface area contributed by atoms with Gasteiger partial charge >= 0.3 is 0 Å². The molecule has 1 fully saturated rings. The van der Waals surface area contributed by atoms with Gasteiger partial charge in [-0.2, -0.15) is 0 Å². The molecule has 0 radical (unpaired) electrons. The van der Waals surface area contributed by atoms with E-state index in [9.17, 15) is 5.11 Å². The van der Waals surface area contributed by atoms with Crippen LogP contribution in [0.15, 0.2) is 42.0 Å². The molecule has 3 heteroatoms. The van der Waals surface area contributed by atoms with Crippen LogP contribution in [-0.2, 0) is 0 Å². The van der Waals surface area contributed by atoms with Gasteiger partial charge in [0.15, 0.2) is 0 Å². The van der Waals surface area contributed by atoms with Crippen molar-refractivity contribution in [3.8, 4) is 0 Å². The molecule has 0 saturated carbocycles. The first kappa shape index (κ1) is 29.6.